The van der Waals surface area contributed by atoms with E-state index in [2.05, 4.69) is 12.2 Å². The van der Waals surface area contributed by atoms with Gasteiger partial charge in [-0.2, -0.15) is 0 Å². The molecule has 0 aromatic heterocycles. The van der Waals surface area contributed by atoms with Gasteiger partial charge in [0.25, 0.3) is 0 Å². The zero-order valence-corrected chi connectivity index (χ0v) is 13.1. The maximum atomic E-state index is 12.4. The van der Waals surface area contributed by atoms with E-state index in [0.29, 0.717) is 23.8 Å². The molecule has 1 atom stereocenters. The molecule has 3 heteroatoms. The number of nitrogens with two attached hydrogens (primary N) is 1. The Hall–Kier alpha value is -0.570. The topological polar surface area (TPSA) is 55.1 Å². The summed E-state index contributed by atoms with van der Waals surface area (Å²) >= 11 is 0. The fraction of sp³-hybridized carbons (Fsp3) is 0.941. The van der Waals surface area contributed by atoms with Crippen LogP contribution >= 0.6 is 0 Å². The third-order valence-corrected chi connectivity index (χ3v) is 5.53. The lowest BCUT2D eigenvalue weighted by Crippen LogP contribution is -2.42. The SMILES string of the molecule is C[C@@H](NC(=O)C1CCC(CN)CC1)C1CCCCCC1. The summed E-state index contributed by atoms with van der Waals surface area (Å²) in [5.74, 6) is 1.89. The first-order valence-corrected chi connectivity index (χ1v) is 8.71. The molecule has 3 nitrogen and oxygen atoms in total. The molecule has 116 valence electrons. The number of hydrogen-bond acceptors (Lipinski definition) is 2. The van der Waals surface area contributed by atoms with Gasteiger partial charge in [-0.15, -0.1) is 0 Å². The van der Waals surface area contributed by atoms with E-state index in [1.165, 1.54) is 38.5 Å². The van der Waals surface area contributed by atoms with Crippen molar-refractivity contribution in [2.75, 3.05) is 6.54 Å². The Labute approximate surface area is 124 Å². The molecule has 20 heavy (non-hydrogen) atoms. The van der Waals surface area contributed by atoms with Crippen LogP contribution in [0.5, 0.6) is 0 Å². The van der Waals surface area contributed by atoms with Crippen LogP contribution in [0.15, 0.2) is 0 Å². The van der Waals surface area contributed by atoms with Crippen molar-refractivity contribution in [1.82, 2.24) is 5.32 Å². The van der Waals surface area contributed by atoms with Crippen LogP contribution < -0.4 is 11.1 Å². The lowest BCUT2D eigenvalue weighted by Gasteiger charge is -2.30. The second-order valence-corrected chi connectivity index (χ2v) is 7.00. The van der Waals surface area contributed by atoms with E-state index in [0.717, 1.165) is 32.2 Å². The molecule has 0 heterocycles. The van der Waals surface area contributed by atoms with Crippen molar-refractivity contribution in [1.29, 1.82) is 0 Å². The van der Waals surface area contributed by atoms with Crippen LogP contribution in [-0.2, 0) is 4.79 Å². The number of nitrogens with one attached hydrogen (secondary N) is 1. The minimum atomic E-state index is 0.242. The van der Waals surface area contributed by atoms with Gasteiger partial charge in [-0.1, -0.05) is 25.7 Å². The molecule has 0 aliphatic heterocycles. The molecule has 2 fully saturated rings. The molecule has 0 saturated heterocycles. The van der Waals surface area contributed by atoms with Gasteiger partial charge < -0.3 is 11.1 Å². The molecule has 2 rings (SSSR count). The Morgan fingerprint density at radius 2 is 1.65 bits per heavy atom. The minimum Gasteiger partial charge on any atom is -0.353 e. The van der Waals surface area contributed by atoms with Gasteiger partial charge in [-0.3, -0.25) is 4.79 Å². The highest BCUT2D eigenvalue weighted by molar-refractivity contribution is 5.79. The zero-order valence-electron chi connectivity index (χ0n) is 13.1. The number of carbonyl (C=O) groups excluding carboxylic acids is 1. The summed E-state index contributed by atoms with van der Waals surface area (Å²) in [6.07, 6.45) is 12.3. The van der Waals surface area contributed by atoms with Gasteiger partial charge in [0.2, 0.25) is 5.91 Å². The number of carbonyl (C=O) groups is 1. The molecule has 1 amide bonds. The first kappa shape index (κ1) is 15.8. The van der Waals surface area contributed by atoms with Crippen LogP contribution in [0.4, 0.5) is 0 Å². The molecule has 2 aliphatic carbocycles. The van der Waals surface area contributed by atoms with Gasteiger partial charge in [0.15, 0.2) is 0 Å². The van der Waals surface area contributed by atoms with Crippen molar-refractivity contribution < 1.29 is 4.79 Å². The number of hydrogen-bond donors (Lipinski definition) is 2. The molecule has 2 aliphatic rings. The van der Waals surface area contributed by atoms with E-state index in [9.17, 15) is 4.79 Å². The third-order valence-electron chi connectivity index (χ3n) is 5.53. The number of amides is 1. The smallest absolute Gasteiger partial charge is 0.223 e. The van der Waals surface area contributed by atoms with Crippen LogP contribution in [0, 0.1) is 17.8 Å². The highest BCUT2D eigenvalue weighted by atomic mass is 16.1. The summed E-state index contributed by atoms with van der Waals surface area (Å²) in [6.45, 7) is 2.99. The molecule has 0 aromatic carbocycles. The van der Waals surface area contributed by atoms with Crippen molar-refractivity contribution in [2.24, 2.45) is 23.5 Å². The van der Waals surface area contributed by atoms with Crippen LogP contribution in [0.25, 0.3) is 0 Å². The molecule has 0 unspecified atom stereocenters. The zero-order chi connectivity index (χ0) is 14.4. The quantitative estimate of drug-likeness (QED) is 0.777. The van der Waals surface area contributed by atoms with Crippen molar-refractivity contribution in [3.63, 3.8) is 0 Å². The second kappa shape index (κ2) is 8.02. The van der Waals surface area contributed by atoms with Crippen LogP contribution in [0.3, 0.4) is 0 Å². The van der Waals surface area contributed by atoms with Crippen LogP contribution in [0.1, 0.15) is 71.1 Å². The van der Waals surface area contributed by atoms with E-state index in [1.54, 1.807) is 0 Å². The van der Waals surface area contributed by atoms with Gasteiger partial charge in [-0.05, 0) is 63.8 Å². The maximum absolute atomic E-state index is 12.4. The van der Waals surface area contributed by atoms with Crippen molar-refractivity contribution in [3.8, 4) is 0 Å². The molecule has 0 bridgehead atoms. The van der Waals surface area contributed by atoms with Gasteiger partial charge in [0.05, 0.1) is 0 Å². The highest BCUT2D eigenvalue weighted by Crippen LogP contribution is 2.29. The van der Waals surface area contributed by atoms with Crippen molar-refractivity contribution >= 4 is 5.91 Å². The predicted molar refractivity (Wildman–Crippen MR) is 83.3 cm³/mol. The van der Waals surface area contributed by atoms with E-state index in [4.69, 9.17) is 5.73 Å². The van der Waals surface area contributed by atoms with E-state index < -0.39 is 0 Å². The third kappa shape index (κ3) is 4.47. The molecular formula is C17H32N2O. The molecule has 0 aromatic rings. The summed E-state index contributed by atoms with van der Waals surface area (Å²) in [5.41, 5.74) is 5.72. The maximum Gasteiger partial charge on any atom is 0.223 e. The van der Waals surface area contributed by atoms with E-state index >= 15 is 0 Å². The Balaban J connectivity index is 1.75. The van der Waals surface area contributed by atoms with Gasteiger partial charge in [-0.25, -0.2) is 0 Å². The molecule has 3 N–H and O–H groups in total. The Kier molecular flexibility index (Phi) is 6.34. The fourth-order valence-corrected chi connectivity index (χ4v) is 3.93. The summed E-state index contributed by atoms with van der Waals surface area (Å²) in [4.78, 5) is 12.4. The molecule has 2 saturated carbocycles. The Morgan fingerprint density at radius 3 is 2.20 bits per heavy atom. The van der Waals surface area contributed by atoms with Crippen LogP contribution in [-0.4, -0.2) is 18.5 Å². The average Bonchev–Trinajstić information content (AvgIpc) is 2.76. The lowest BCUT2D eigenvalue weighted by molar-refractivity contribution is -0.127. The number of rotatable bonds is 4. The molecule has 0 radical (unpaired) electrons. The van der Waals surface area contributed by atoms with E-state index in [1.807, 2.05) is 0 Å². The van der Waals surface area contributed by atoms with Gasteiger partial charge >= 0.3 is 0 Å². The average molecular weight is 280 g/mol. The second-order valence-electron chi connectivity index (χ2n) is 7.00. The standard InChI is InChI=1S/C17H32N2O/c1-13(15-6-4-2-3-5-7-15)19-17(20)16-10-8-14(12-18)9-11-16/h13-16H,2-12,18H2,1H3,(H,19,20)/t13-,14?,16?/m1/s1. The van der Waals surface area contributed by atoms with Crippen LogP contribution in [0.2, 0.25) is 0 Å². The monoisotopic (exact) mass is 280 g/mol. The molecule has 0 spiro atoms. The molecular weight excluding hydrogens is 248 g/mol. The summed E-state index contributed by atoms with van der Waals surface area (Å²) in [7, 11) is 0. The Morgan fingerprint density at radius 1 is 1.05 bits per heavy atom. The summed E-state index contributed by atoms with van der Waals surface area (Å²) in [6, 6.07) is 0.354. The lowest BCUT2D eigenvalue weighted by atomic mass is 9.81. The Bertz CT molecular complexity index is 289. The first-order chi connectivity index (χ1) is 9.70. The summed E-state index contributed by atoms with van der Waals surface area (Å²) < 4.78 is 0. The van der Waals surface area contributed by atoms with Gasteiger partial charge in [0, 0.05) is 12.0 Å². The predicted octanol–water partition coefficient (Wildman–Crippen LogP) is 3.23. The minimum absolute atomic E-state index is 0.242. The van der Waals surface area contributed by atoms with Gasteiger partial charge in [0.1, 0.15) is 0 Å². The fourth-order valence-electron chi connectivity index (χ4n) is 3.93. The van der Waals surface area contributed by atoms with Crippen molar-refractivity contribution in [2.45, 2.75) is 77.2 Å². The summed E-state index contributed by atoms with van der Waals surface area (Å²) in [5, 5.41) is 3.31. The van der Waals surface area contributed by atoms with Crippen molar-refractivity contribution in [3.05, 3.63) is 0 Å². The first-order valence-electron chi connectivity index (χ1n) is 8.71. The van der Waals surface area contributed by atoms with E-state index in [-0.39, 0.29) is 5.92 Å². The normalized spacial score (nSPS) is 30.5. The largest absolute Gasteiger partial charge is 0.353 e. The highest BCUT2D eigenvalue weighted by Gasteiger charge is 2.28.